The largest absolute Gasteiger partial charge is 0.444 e. The molecule has 1 amide bonds. The molecule has 3 atom stereocenters. The molecule has 0 spiro atoms. The third-order valence-corrected chi connectivity index (χ3v) is 6.82. The molecule has 136 valence electrons. The summed E-state index contributed by atoms with van der Waals surface area (Å²) < 4.78 is 31.4. The SMILES string of the molecule is Cc1ccc(S(=O)(=O)C2C(=O)[C@@H]3CC[C@H]2N3C(=O)OC(C)(C)C)cc1. The first-order valence-corrected chi connectivity index (χ1v) is 9.92. The summed E-state index contributed by atoms with van der Waals surface area (Å²) in [4.78, 5) is 26.6. The Hall–Kier alpha value is -1.89. The van der Waals surface area contributed by atoms with Crippen LogP contribution < -0.4 is 0 Å². The Bertz CT molecular complexity index is 807. The second kappa shape index (κ2) is 5.83. The van der Waals surface area contributed by atoms with Gasteiger partial charge in [-0.2, -0.15) is 0 Å². The van der Waals surface area contributed by atoms with Crippen LogP contribution in [-0.4, -0.2) is 48.1 Å². The number of benzene rings is 1. The van der Waals surface area contributed by atoms with E-state index in [4.69, 9.17) is 4.74 Å². The lowest BCUT2D eigenvalue weighted by atomic mass is 9.99. The van der Waals surface area contributed by atoms with E-state index in [0.717, 1.165) is 5.56 Å². The van der Waals surface area contributed by atoms with Gasteiger partial charge in [0.15, 0.2) is 15.6 Å². The van der Waals surface area contributed by atoms with E-state index in [9.17, 15) is 18.0 Å². The summed E-state index contributed by atoms with van der Waals surface area (Å²) >= 11 is 0. The zero-order valence-electron chi connectivity index (χ0n) is 14.9. The number of fused-ring (bicyclic) bond motifs is 2. The van der Waals surface area contributed by atoms with Gasteiger partial charge in [-0.15, -0.1) is 0 Å². The van der Waals surface area contributed by atoms with Crippen LogP contribution >= 0.6 is 0 Å². The molecule has 0 aliphatic carbocycles. The molecular formula is C18H23NO5S. The highest BCUT2D eigenvalue weighted by molar-refractivity contribution is 7.93. The van der Waals surface area contributed by atoms with Crippen molar-refractivity contribution in [2.45, 2.75) is 68.4 Å². The number of hydrogen-bond acceptors (Lipinski definition) is 5. The summed E-state index contributed by atoms with van der Waals surface area (Å²) in [5.74, 6) is -0.400. The number of aryl methyl sites for hydroxylation is 1. The predicted molar refractivity (Wildman–Crippen MR) is 92.0 cm³/mol. The Balaban J connectivity index is 1.93. The van der Waals surface area contributed by atoms with Crippen molar-refractivity contribution in [2.75, 3.05) is 0 Å². The summed E-state index contributed by atoms with van der Waals surface area (Å²) in [6, 6.07) is 5.08. The average Bonchev–Trinajstić information content (AvgIpc) is 3.01. The van der Waals surface area contributed by atoms with Crippen LogP contribution in [0.15, 0.2) is 29.2 Å². The van der Waals surface area contributed by atoms with Crippen LogP contribution in [-0.2, 0) is 19.4 Å². The van der Waals surface area contributed by atoms with Crippen LogP contribution in [0.5, 0.6) is 0 Å². The van der Waals surface area contributed by atoms with Crippen molar-refractivity contribution in [2.24, 2.45) is 0 Å². The van der Waals surface area contributed by atoms with Crippen molar-refractivity contribution in [3.8, 4) is 0 Å². The van der Waals surface area contributed by atoms with Gasteiger partial charge in [-0.25, -0.2) is 13.2 Å². The van der Waals surface area contributed by atoms with Gasteiger partial charge >= 0.3 is 6.09 Å². The van der Waals surface area contributed by atoms with Crippen molar-refractivity contribution >= 4 is 21.7 Å². The Morgan fingerprint density at radius 3 is 2.32 bits per heavy atom. The molecule has 0 saturated carbocycles. The highest BCUT2D eigenvalue weighted by Crippen LogP contribution is 2.41. The maximum Gasteiger partial charge on any atom is 0.411 e. The number of carbonyl (C=O) groups excluding carboxylic acids is 2. The minimum Gasteiger partial charge on any atom is -0.444 e. The molecule has 2 heterocycles. The molecule has 0 aromatic heterocycles. The second-order valence-corrected chi connectivity index (χ2v) is 9.80. The number of ether oxygens (including phenoxy) is 1. The van der Waals surface area contributed by atoms with Gasteiger partial charge in [0.25, 0.3) is 0 Å². The summed E-state index contributed by atoms with van der Waals surface area (Å²) in [5, 5.41) is -1.21. The molecule has 2 fully saturated rings. The summed E-state index contributed by atoms with van der Waals surface area (Å²) in [6.45, 7) is 7.09. The molecule has 1 aromatic carbocycles. The normalized spacial score (nSPS) is 26.2. The molecule has 2 bridgehead atoms. The fourth-order valence-corrected chi connectivity index (χ4v) is 5.56. The van der Waals surface area contributed by atoms with E-state index < -0.39 is 44.6 Å². The van der Waals surface area contributed by atoms with Gasteiger partial charge < -0.3 is 4.74 Å². The van der Waals surface area contributed by atoms with Crippen molar-refractivity contribution in [3.05, 3.63) is 29.8 Å². The molecule has 0 radical (unpaired) electrons. The maximum absolute atomic E-state index is 13.0. The molecule has 7 heteroatoms. The van der Waals surface area contributed by atoms with Crippen molar-refractivity contribution in [3.63, 3.8) is 0 Å². The lowest BCUT2D eigenvalue weighted by molar-refractivity contribution is -0.120. The van der Waals surface area contributed by atoms with Gasteiger partial charge in [0.2, 0.25) is 0 Å². The first-order valence-electron chi connectivity index (χ1n) is 8.38. The molecule has 2 aliphatic heterocycles. The number of hydrogen-bond donors (Lipinski definition) is 0. The van der Waals surface area contributed by atoms with Crippen molar-refractivity contribution < 1.29 is 22.7 Å². The predicted octanol–water partition coefficient (Wildman–Crippen LogP) is 2.49. The van der Waals surface area contributed by atoms with E-state index in [2.05, 4.69) is 0 Å². The number of ketones is 1. The average molecular weight is 365 g/mol. The molecular weight excluding hydrogens is 342 g/mol. The van der Waals surface area contributed by atoms with Gasteiger partial charge in [-0.3, -0.25) is 9.69 Å². The molecule has 2 saturated heterocycles. The molecule has 3 rings (SSSR count). The van der Waals surface area contributed by atoms with E-state index in [0.29, 0.717) is 12.8 Å². The van der Waals surface area contributed by atoms with Crippen LogP contribution in [0.4, 0.5) is 4.79 Å². The number of sulfone groups is 1. The molecule has 1 aromatic rings. The number of Topliss-reactive ketones (excluding diaryl/α,β-unsaturated/α-hetero) is 1. The highest BCUT2D eigenvalue weighted by atomic mass is 32.2. The quantitative estimate of drug-likeness (QED) is 0.804. The number of rotatable bonds is 2. The van der Waals surface area contributed by atoms with Crippen LogP contribution in [0, 0.1) is 6.92 Å². The second-order valence-electron chi connectivity index (χ2n) is 7.73. The standard InChI is InChI=1S/C18H23NO5S/c1-11-5-7-12(8-6-11)25(22,23)16-14-10-9-13(15(16)20)19(14)17(21)24-18(2,3)4/h5-8,13-14,16H,9-10H2,1-4H3/t13-,14+,16?/m0/s1. The van der Waals surface area contributed by atoms with E-state index in [1.807, 2.05) is 6.92 Å². The zero-order valence-corrected chi connectivity index (χ0v) is 15.7. The van der Waals surface area contributed by atoms with Gasteiger partial charge in [0.05, 0.1) is 17.0 Å². The van der Waals surface area contributed by atoms with Crippen LogP contribution in [0.3, 0.4) is 0 Å². The Kier molecular flexibility index (Phi) is 4.18. The number of carbonyl (C=O) groups is 2. The third-order valence-electron chi connectivity index (χ3n) is 4.68. The van der Waals surface area contributed by atoms with E-state index in [1.54, 1.807) is 32.9 Å². The monoisotopic (exact) mass is 365 g/mol. The maximum atomic E-state index is 13.0. The van der Waals surface area contributed by atoms with Gasteiger partial charge in [-0.1, -0.05) is 17.7 Å². The van der Waals surface area contributed by atoms with Crippen molar-refractivity contribution in [1.82, 2.24) is 4.90 Å². The van der Waals surface area contributed by atoms with Crippen LogP contribution in [0.2, 0.25) is 0 Å². The number of amides is 1. The minimum atomic E-state index is -3.84. The molecule has 1 unspecified atom stereocenters. The smallest absolute Gasteiger partial charge is 0.411 e. The van der Waals surface area contributed by atoms with Gasteiger partial charge in [0, 0.05) is 0 Å². The third kappa shape index (κ3) is 3.05. The first-order chi connectivity index (χ1) is 11.5. The van der Waals surface area contributed by atoms with Crippen molar-refractivity contribution in [1.29, 1.82) is 0 Å². The number of nitrogens with zero attached hydrogens (tertiary/aromatic N) is 1. The first kappa shape index (κ1) is 17.9. The van der Waals surface area contributed by atoms with E-state index >= 15 is 0 Å². The van der Waals surface area contributed by atoms with E-state index in [1.165, 1.54) is 17.0 Å². The Morgan fingerprint density at radius 1 is 1.16 bits per heavy atom. The fourth-order valence-electron chi connectivity index (χ4n) is 3.61. The molecule has 0 N–H and O–H groups in total. The lowest BCUT2D eigenvalue weighted by Gasteiger charge is -2.27. The zero-order chi connectivity index (χ0) is 18.6. The summed E-state index contributed by atoms with van der Waals surface area (Å²) in [7, 11) is -3.84. The van der Waals surface area contributed by atoms with E-state index in [-0.39, 0.29) is 4.90 Å². The lowest BCUT2D eigenvalue weighted by Crippen LogP contribution is -2.43. The fraction of sp³-hybridized carbons (Fsp3) is 0.556. The Morgan fingerprint density at radius 2 is 1.76 bits per heavy atom. The van der Waals surface area contributed by atoms with Gasteiger partial charge in [0.1, 0.15) is 10.9 Å². The highest BCUT2D eigenvalue weighted by Gasteiger charge is 2.60. The van der Waals surface area contributed by atoms with Gasteiger partial charge in [-0.05, 0) is 52.7 Å². The summed E-state index contributed by atoms with van der Waals surface area (Å²) in [5.41, 5.74) is 0.238. The van der Waals surface area contributed by atoms with Crippen LogP contribution in [0.1, 0.15) is 39.2 Å². The summed E-state index contributed by atoms with van der Waals surface area (Å²) in [6.07, 6.45) is 0.364. The molecule has 2 aliphatic rings. The van der Waals surface area contributed by atoms with Crippen LogP contribution in [0.25, 0.3) is 0 Å². The minimum absolute atomic E-state index is 0.119. The molecule has 6 nitrogen and oxygen atoms in total. The molecule has 25 heavy (non-hydrogen) atoms. The Labute approximate surface area is 148 Å². The topological polar surface area (TPSA) is 80.8 Å².